The van der Waals surface area contributed by atoms with Crippen LogP contribution in [0.2, 0.25) is 0 Å². The Morgan fingerprint density at radius 2 is 1.70 bits per heavy atom. The van der Waals surface area contributed by atoms with E-state index in [4.69, 9.17) is 9.47 Å². The fourth-order valence-corrected chi connectivity index (χ4v) is 2.73. The van der Waals surface area contributed by atoms with E-state index in [1.807, 2.05) is 55.5 Å². The van der Waals surface area contributed by atoms with Gasteiger partial charge in [-0.25, -0.2) is 4.79 Å². The lowest BCUT2D eigenvalue weighted by molar-refractivity contribution is -0.156. The second-order valence-corrected chi connectivity index (χ2v) is 6.45. The molecule has 2 aromatic rings. The average Bonchev–Trinajstić information content (AvgIpc) is 2.68. The number of benzene rings is 2. The molecular formula is C22H27NO4. The summed E-state index contributed by atoms with van der Waals surface area (Å²) in [6.45, 7) is 5.80. The third kappa shape index (κ3) is 6.44. The normalized spacial score (nSPS) is 12.7. The van der Waals surface area contributed by atoms with Gasteiger partial charge >= 0.3 is 5.97 Å². The van der Waals surface area contributed by atoms with Crippen LogP contribution in [0.4, 0.5) is 0 Å². The quantitative estimate of drug-likeness (QED) is 0.686. The second kappa shape index (κ2) is 10.4. The van der Waals surface area contributed by atoms with Gasteiger partial charge in [-0.15, -0.1) is 0 Å². The van der Waals surface area contributed by atoms with E-state index in [0.29, 0.717) is 12.3 Å². The summed E-state index contributed by atoms with van der Waals surface area (Å²) in [5.41, 5.74) is 2.11. The molecule has 0 bridgehead atoms. The number of carbonyl (C=O) groups is 2. The summed E-state index contributed by atoms with van der Waals surface area (Å²) < 4.78 is 10.6. The van der Waals surface area contributed by atoms with Crippen molar-refractivity contribution >= 4 is 11.9 Å². The van der Waals surface area contributed by atoms with Crippen LogP contribution in [0.5, 0.6) is 5.75 Å². The number of hydrogen-bond donors (Lipinski definition) is 1. The van der Waals surface area contributed by atoms with E-state index in [1.54, 1.807) is 13.0 Å². The fraction of sp³-hybridized carbons (Fsp3) is 0.364. The topological polar surface area (TPSA) is 64.6 Å². The highest BCUT2D eigenvalue weighted by atomic mass is 16.6. The van der Waals surface area contributed by atoms with E-state index >= 15 is 0 Å². The third-order valence-electron chi connectivity index (χ3n) is 4.40. The van der Waals surface area contributed by atoms with Gasteiger partial charge in [0, 0.05) is 12.5 Å². The Morgan fingerprint density at radius 3 is 2.37 bits per heavy atom. The first kappa shape index (κ1) is 20.5. The molecule has 27 heavy (non-hydrogen) atoms. The molecule has 5 heteroatoms. The number of amides is 1. The molecule has 1 amide bonds. The van der Waals surface area contributed by atoms with Crippen molar-refractivity contribution in [3.05, 3.63) is 65.7 Å². The first-order valence-corrected chi connectivity index (χ1v) is 9.21. The maximum absolute atomic E-state index is 12.2. The summed E-state index contributed by atoms with van der Waals surface area (Å²) >= 11 is 0. The molecule has 0 fully saturated rings. The molecule has 0 saturated carbocycles. The van der Waals surface area contributed by atoms with Crippen molar-refractivity contribution in [1.82, 2.24) is 5.32 Å². The number of para-hydroxylation sites is 1. The SMILES string of the molecule is CC[C@@H](CNC(=O)[C@H](C)OC(=O)COc1ccccc1C)c1ccccc1. The number of ether oxygens (including phenoxy) is 2. The van der Waals surface area contributed by atoms with E-state index in [1.165, 1.54) is 5.56 Å². The number of hydrogen-bond acceptors (Lipinski definition) is 4. The van der Waals surface area contributed by atoms with E-state index in [0.717, 1.165) is 12.0 Å². The molecule has 2 aromatic carbocycles. The first-order chi connectivity index (χ1) is 13.0. The predicted octanol–water partition coefficient (Wildman–Crippen LogP) is 3.62. The molecule has 0 aromatic heterocycles. The largest absolute Gasteiger partial charge is 0.482 e. The highest BCUT2D eigenvalue weighted by molar-refractivity contribution is 5.83. The molecule has 0 aliphatic carbocycles. The summed E-state index contributed by atoms with van der Waals surface area (Å²) in [6, 6.07) is 17.4. The summed E-state index contributed by atoms with van der Waals surface area (Å²) in [5, 5.41) is 2.86. The van der Waals surface area contributed by atoms with Gasteiger partial charge in [0.05, 0.1) is 0 Å². The first-order valence-electron chi connectivity index (χ1n) is 9.21. The molecule has 0 unspecified atom stereocenters. The Balaban J connectivity index is 1.77. The van der Waals surface area contributed by atoms with E-state index in [-0.39, 0.29) is 18.4 Å². The van der Waals surface area contributed by atoms with E-state index in [9.17, 15) is 9.59 Å². The van der Waals surface area contributed by atoms with Crippen LogP contribution in [0.15, 0.2) is 54.6 Å². The Hall–Kier alpha value is -2.82. The molecule has 0 radical (unpaired) electrons. The third-order valence-corrected chi connectivity index (χ3v) is 4.40. The summed E-state index contributed by atoms with van der Waals surface area (Å²) in [4.78, 5) is 24.2. The van der Waals surface area contributed by atoms with Gasteiger partial charge in [-0.05, 0) is 37.5 Å². The predicted molar refractivity (Wildman–Crippen MR) is 105 cm³/mol. The van der Waals surface area contributed by atoms with Crippen molar-refractivity contribution in [2.24, 2.45) is 0 Å². The van der Waals surface area contributed by atoms with Gasteiger partial charge in [0.1, 0.15) is 5.75 Å². The highest BCUT2D eigenvalue weighted by Gasteiger charge is 2.19. The molecule has 0 aliphatic heterocycles. The maximum atomic E-state index is 12.2. The lowest BCUT2D eigenvalue weighted by Crippen LogP contribution is -2.38. The molecule has 2 atom stereocenters. The van der Waals surface area contributed by atoms with Gasteiger partial charge in [-0.2, -0.15) is 0 Å². The van der Waals surface area contributed by atoms with Crippen molar-refractivity contribution in [1.29, 1.82) is 0 Å². The Morgan fingerprint density at radius 1 is 1.04 bits per heavy atom. The number of aryl methyl sites for hydroxylation is 1. The van der Waals surface area contributed by atoms with Crippen molar-refractivity contribution < 1.29 is 19.1 Å². The molecular weight excluding hydrogens is 342 g/mol. The monoisotopic (exact) mass is 369 g/mol. The fourth-order valence-electron chi connectivity index (χ4n) is 2.73. The molecule has 5 nitrogen and oxygen atoms in total. The minimum atomic E-state index is -0.869. The molecule has 0 aliphatic rings. The molecule has 0 heterocycles. The number of carbonyl (C=O) groups excluding carboxylic acids is 2. The van der Waals surface area contributed by atoms with Gasteiger partial charge < -0.3 is 14.8 Å². The standard InChI is InChI=1S/C22H27NO4/c1-4-18(19-11-6-5-7-12-19)14-23-22(25)17(3)27-21(24)15-26-20-13-9-8-10-16(20)2/h5-13,17-18H,4,14-15H2,1-3H3,(H,23,25)/t17-,18-/m0/s1. The number of esters is 1. The van der Waals surface area contributed by atoms with Crippen LogP contribution in [0, 0.1) is 6.92 Å². The van der Waals surface area contributed by atoms with Crippen LogP contribution >= 0.6 is 0 Å². The Bertz CT molecular complexity index is 745. The maximum Gasteiger partial charge on any atom is 0.344 e. The average molecular weight is 369 g/mol. The highest BCUT2D eigenvalue weighted by Crippen LogP contribution is 2.18. The number of nitrogens with one attached hydrogen (secondary N) is 1. The van der Waals surface area contributed by atoms with Crippen molar-refractivity contribution in [2.75, 3.05) is 13.2 Å². The molecule has 0 saturated heterocycles. The smallest absolute Gasteiger partial charge is 0.344 e. The zero-order chi connectivity index (χ0) is 19.6. The molecule has 1 N–H and O–H groups in total. The lowest BCUT2D eigenvalue weighted by Gasteiger charge is -2.18. The van der Waals surface area contributed by atoms with Gasteiger partial charge in [0.2, 0.25) is 0 Å². The van der Waals surface area contributed by atoms with Crippen LogP contribution in [0.25, 0.3) is 0 Å². The van der Waals surface area contributed by atoms with Crippen molar-refractivity contribution in [3.8, 4) is 5.75 Å². The van der Waals surface area contributed by atoms with Crippen LogP contribution in [-0.2, 0) is 14.3 Å². The molecule has 144 valence electrons. The lowest BCUT2D eigenvalue weighted by atomic mass is 9.96. The van der Waals surface area contributed by atoms with E-state index < -0.39 is 12.1 Å². The second-order valence-electron chi connectivity index (χ2n) is 6.45. The van der Waals surface area contributed by atoms with Crippen LogP contribution in [0.1, 0.15) is 37.3 Å². The summed E-state index contributed by atoms with van der Waals surface area (Å²) in [6.07, 6.45) is 0.0363. The number of rotatable bonds is 9. The Kier molecular flexibility index (Phi) is 7.86. The molecule has 0 spiro atoms. The van der Waals surface area contributed by atoms with Crippen LogP contribution in [0.3, 0.4) is 0 Å². The van der Waals surface area contributed by atoms with Crippen molar-refractivity contribution in [2.45, 2.75) is 39.2 Å². The molecule has 2 rings (SSSR count). The zero-order valence-electron chi connectivity index (χ0n) is 16.1. The Labute approximate surface area is 160 Å². The van der Waals surface area contributed by atoms with Gasteiger partial charge in [0.25, 0.3) is 5.91 Å². The van der Waals surface area contributed by atoms with Gasteiger partial charge in [-0.3, -0.25) is 4.79 Å². The minimum absolute atomic E-state index is 0.224. The summed E-state index contributed by atoms with van der Waals surface area (Å²) in [5.74, 6) is -0.0349. The van der Waals surface area contributed by atoms with Gasteiger partial charge in [0.15, 0.2) is 12.7 Å². The van der Waals surface area contributed by atoms with Crippen molar-refractivity contribution in [3.63, 3.8) is 0 Å². The van der Waals surface area contributed by atoms with Gasteiger partial charge in [-0.1, -0.05) is 55.5 Å². The van der Waals surface area contributed by atoms with Crippen LogP contribution < -0.4 is 10.1 Å². The summed E-state index contributed by atoms with van der Waals surface area (Å²) in [7, 11) is 0. The zero-order valence-corrected chi connectivity index (χ0v) is 16.1. The van der Waals surface area contributed by atoms with Crippen LogP contribution in [-0.4, -0.2) is 31.1 Å². The minimum Gasteiger partial charge on any atom is -0.482 e. The van der Waals surface area contributed by atoms with E-state index in [2.05, 4.69) is 12.2 Å².